The summed E-state index contributed by atoms with van der Waals surface area (Å²) in [6, 6.07) is 9.04. The second kappa shape index (κ2) is 6.76. The van der Waals surface area contributed by atoms with Crippen LogP contribution in [0.15, 0.2) is 42.7 Å². The minimum absolute atomic E-state index is 0.101. The zero-order chi connectivity index (χ0) is 17.1. The summed E-state index contributed by atoms with van der Waals surface area (Å²) in [5.41, 5.74) is 6.61. The minimum atomic E-state index is -0.300. The quantitative estimate of drug-likeness (QED) is 0.691. The van der Waals surface area contributed by atoms with Gasteiger partial charge in [0.05, 0.1) is 7.11 Å². The van der Waals surface area contributed by atoms with Crippen LogP contribution in [0.4, 0.5) is 11.8 Å². The van der Waals surface area contributed by atoms with Gasteiger partial charge in [0, 0.05) is 31.1 Å². The number of rotatable bonds is 5. The van der Waals surface area contributed by atoms with Crippen LogP contribution < -0.4 is 15.8 Å². The number of hydrogen-bond acceptors (Lipinski definition) is 6. The standard InChI is InChI=1S/C16H17ClN6O/c1-23-8-7-19-15(23)14(10-5-3-4-6-11(10)24-2)21-13-9-12(17)20-16(18)22-13/h3-9,14H,1-2H3,(H3,18,20,21,22). The molecule has 0 spiro atoms. The molecule has 0 fully saturated rings. The summed E-state index contributed by atoms with van der Waals surface area (Å²) in [6.45, 7) is 0. The molecule has 0 aliphatic heterocycles. The van der Waals surface area contributed by atoms with Crippen molar-refractivity contribution in [1.82, 2.24) is 19.5 Å². The Labute approximate surface area is 144 Å². The van der Waals surface area contributed by atoms with Crippen molar-refractivity contribution in [2.45, 2.75) is 6.04 Å². The third kappa shape index (κ3) is 3.26. The maximum atomic E-state index is 5.98. The highest BCUT2D eigenvalue weighted by Crippen LogP contribution is 2.32. The Morgan fingerprint density at radius 2 is 2.08 bits per heavy atom. The van der Waals surface area contributed by atoms with Crippen LogP contribution in [0.25, 0.3) is 0 Å². The average Bonchev–Trinajstić information content (AvgIpc) is 2.97. The highest BCUT2D eigenvalue weighted by molar-refractivity contribution is 6.29. The lowest BCUT2D eigenvalue weighted by atomic mass is 10.0. The van der Waals surface area contributed by atoms with Gasteiger partial charge in [-0.25, -0.2) is 9.97 Å². The monoisotopic (exact) mass is 344 g/mol. The number of nitrogens with zero attached hydrogens (tertiary/aromatic N) is 4. The topological polar surface area (TPSA) is 90.9 Å². The molecule has 3 rings (SSSR count). The lowest BCUT2D eigenvalue weighted by Crippen LogP contribution is -2.18. The third-order valence-electron chi connectivity index (χ3n) is 3.57. The molecule has 3 aromatic rings. The van der Waals surface area contributed by atoms with Crippen LogP contribution in [-0.4, -0.2) is 26.6 Å². The van der Waals surface area contributed by atoms with Crippen LogP contribution in [0, 0.1) is 0 Å². The van der Waals surface area contributed by atoms with Crippen LogP contribution in [0.5, 0.6) is 5.75 Å². The molecule has 2 aromatic heterocycles. The smallest absolute Gasteiger partial charge is 0.223 e. The minimum Gasteiger partial charge on any atom is -0.496 e. The van der Waals surface area contributed by atoms with E-state index in [1.807, 2.05) is 42.1 Å². The van der Waals surface area contributed by atoms with Gasteiger partial charge in [-0.15, -0.1) is 0 Å². The summed E-state index contributed by atoms with van der Waals surface area (Å²) in [5.74, 6) is 2.15. The number of benzene rings is 1. The summed E-state index contributed by atoms with van der Waals surface area (Å²) in [4.78, 5) is 12.5. The van der Waals surface area contributed by atoms with E-state index in [9.17, 15) is 0 Å². The first-order valence-corrected chi connectivity index (χ1v) is 7.63. The molecule has 124 valence electrons. The molecule has 0 radical (unpaired) electrons. The number of aromatic nitrogens is 4. The van der Waals surface area contributed by atoms with Gasteiger partial charge in [0.2, 0.25) is 5.95 Å². The van der Waals surface area contributed by atoms with Crippen molar-refractivity contribution >= 4 is 23.4 Å². The fourth-order valence-corrected chi connectivity index (χ4v) is 2.69. The predicted molar refractivity (Wildman–Crippen MR) is 93.1 cm³/mol. The first kappa shape index (κ1) is 16.1. The van der Waals surface area contributed by atoms with Crippen molar-refractivity contribution in [3.8, 4) is 5.75 Å². The third-order valence-corrected chi connectivity index (χ3v) is 3.76. The number of para-hydroxylation sites is 1. The highest BCUT2D eigenvalue weighted by atomic mass is 35.5. The van der Waals surface area contributed by atoms with Gasteiger partial charge < -0.3 is 20.4 Å². The lowest BCUT2D eigenvalue weighted by Gasteiger charge is -2.21. The van der Waals surface area contributed by atoms with E-state index in [2.05, 4.69) is 20.3 Å². The van der Waals surface area contributed by atoms with E-state index in [4.69, 9.17) is 22.1 Å². The first-order valence-electron chi connectivity index (χ1n) is 7.25. The lowest BCUT2D eigenvalue weighted by molar-refractivity contribution is 0.408. The van der Waals surface area contributed by atoms with E-state index < -0.39 is 0 Å². The molecule has 0 aliphatic rings. The van der Waals surface area contributed by atoms with Gasteiger partial charge in [0.25, 0.3) is 0 Å². The molecule has 1 aromatic carbocycles. The van der Waals surface area contributed by atoms with Crippen molar-refractivity contribution in [3.05, 3.63) is 59.3 Å². The Bertz CT molecular complexity index is 830. The SMILES string of the molecule is COc1ccccc1C(Nc1cc(Cl)nc(N)n1)c1nccn1C. The Hall–Kier alpha value is -2.80. The van der Waals surface area contributed by atoms with Crippen LogP contribution in [0.1, 0.15) is 17.4 Å². The number of nitrogens with one attached hydrogen (secondary N) is 1. The Balaban J connectivity index is 2.07. The molecule has 8 heteroatoms. The van der Waals surface area contributed by atoms with Crippen molar-refractivity contribution in [2.75, 3.05) is 18.2 Å². The molecule has 7 nitrogen and oxygen atoms in total. The number of nitrogens with two attached hydrogens (primary N) is 1. The Morgan fingerprint density at radius 3 is 2.75 bits per heavy atom. The van der Waals surface area contributed by atoms with Crippen LogP contribution >= 0.6 is 11.6 Å². The molecule has 0 amide bonds. The van der Waals surface area contributed by atoms with Crippen LogP contribution in [0.2, 0.25) is 5.15 Å². The largest absolute Gasteiger partial charge is 0.496 e. The fraction of sp³-hybridized carbons (Fsp3) is 0.188. The van der Waals surface area contributed by atoms with Crippen molar-refractivity contribution in [1.29, 1.82) is 0 Å². The summed E-state index contributed by atoms with van der Waals surface area (Å²) in [5, 5.41) is 3.58. The van der Waals surface area contributed by atoms with E-state index in [0.29, 0.717) is 5.82 Å². The number of halogens is 1. The number of aryl methyl sites for hydroxylation is 1. The fourth-order valence-electron chi connectivity index (χ4n) is 2.50. The van der Waals surface area contributed by atoms with E-state index in [1.54, 1.807) is 19.4 Å². The number of anilines is 2. The zero-order valence-corrected chi connectivity index (χ0v) is 14.0. The number of nitrogen functional groups attached to an aromatic ring is 1. The maximum Gasteiger partial charge on any atom is 0.223 e. The summed E-state index contributed by atoms with van der Waals surface area (Å²) >= 11 is 5.98. The molecule has 0 saturated carbocycles. The van der Waals surface area contributed by atoms with Gasteiger partial charge in [-0.3, -0.25) is 0 Å². The molecule has 0 aliphatic carbocycles. The first-order chi connectivity index (χ1) is 11.6. The predicted octanol–water partition coefficient (Wildman–Crippen LogP) is 2.66. The number of hydrogen-bond donors (Lipinski definition) is 2. The summed E-state index contributed by atoms with van der Waals surface area (Å²) in [6.07, 6.45) is 3.61. The van der Waals surface area contributed by atoms with Crippen molar-refractivity contribution < 1.29 is 4.74 Å². The second-order valence-corrected chi connectivity index (χ2v) is 5.54. The summed E-state index contributed by atoms with van der Waals surface area (Å²) in [7, 11) is 3.56. The van der Waals surface area contributed by atoms with Gasteiger partial charge in [0.1, 0.15) is 28.6 Å². The van der Waals surface area contributed by atoms with Gasteiger partial charge >= 0.3 is 0 Å². The van der Waals surface area contributed by atoms with Gasteiger partial charge in [-0.05, 0) is 6.07 Å². The number of methoxy groups -OCH3 is 1. The molecule has 0 saturated heterocycles. The van der Waals surface area contributed by atoms with Crippen LogP contribution in [0.3, 0.4) is 0 Å². The number of imidazole rings is 1. The van der Waals surface area contributed by atoms with Gasteiger partial charge in [0.15, 0.2) is 0 Å². The molecule has 1 unspecified atom stereocenters. The molecular formula is C16H17ClN6O. The molecule has 1 atom stereocenters. The molecule has 0 bridgehead atoms. The molecule has 2 heterocycles. The second-order valence-electron chi connectivity index (χ2n) is 5.15. The Kier molecular flexibility index (Phi) is 4.52. The molecule has 3 N–H and O–H groups in total. The highest BCUT2D eigenvalue weighted by Gasteiger charge is 2.22. The van der Waals surface area contributed by atoms with E-state index >= 15 is 0 Å². The average molecular weight is 345 g/mol. The zero-order valence-electron chi connectivity index (χ0n) is 13.3. The summed E-state index contributed by atoms with van der Waals surface area (Å²) < 4.78 is 7.42. The van der Waals surface area contributed by atoms with Crippen LogP contribution in [-0.2, 0) is 7.05 Å². The number of ether oxygens (including phenoxy) is 1. The normalized spacial score (nSPS) is 12.0. The van der Waals surface area contributed by atoms with E-state index in [1.165, 1.54) is 0 Å². The van der Waals surface area contributed by atoms with Gasteiger partial charge in [-0.2, -0.15) is 4.98 Å². The van der Waals surface area contributed by atoms with Crippen molar-refractivity contribution in [2.24, 2.45) is 7.05 Å². The van der Waals surface area contributed by atoms with Gasteiger partial charge in [-0.1, -0.05) is 29.8 Å². The molecular weight excluding hydrogens is 328 g/mol. The van der Waals surface area contributed by atoms with E-state index in [-0.39, 0.29) is 17.1 Å². The maximum absolute atomic E-state index is 5.98. The van der Waals surface area contributed by atoms with Crippen molar-refractivity contribution in [3.63, 3.8) is 0 Å². The van der Waals surface area contributed by atoms with E-state index in [0.717, 1.165) is 17.1 Å². The Morgan fingerprint density at radius 1 is 1.29 bits per heavy atom. The molecule has 24 heavy (non-hydrogen) atoms.